The van der Waals surface area contributed by atoms with Gasteiger partial charge in [0.1, 0.15) is 0 Å². The summed E-state index contributed by atoms with van der Waals surface area (Å²) in [5.41, 5.74) is 0. The molecule has 0 aliphatic carbocycles. The molecule has 15 heavy (non-hydrogen) atoms. The van der Waals surface area contributed by atoms with Gasteiger partial charge >= 0.3 is 0 Å². The summed E-state index contributed by atoms with van der Waals surface area (Å²) in [4.78, 5) is 2.30. The van der Waals surface area contributed by atoms with E-state index in [4.69, 9.17) is 5.11 Å². The topological polar surface area (TPSA) is 35.5 Å². The van der Waals surface area contributed by atoms with E-state index in [-0.39, 0.29) is 6.10 Å². The molecular formula is C12H28N2O. The molecule has 0 spiro atoms. The van der Waals surface area contributed by atoms with Crippen molar-refractivity contribution in [2.24, 2.45) is 5.92 Å². The molecule has 3 heteroatoms. The highest BCUT2D eigenvalue weighted by Crippen LogP contribution is 1.99. The van der Waals surface area contributed by atoms with Crippen molar-refractivity contribution >= 4 is 0 Å². The Morgan fingerprint density at radius 1 is 1.33 bits per heavy atom. The molecule has 0 heterocycles. The minimum absolute atomic E-state index is 0.180. The normalized spacial score (nSPS) is 15.6. The Bertz CT molecular complexity index is 140. The first-order valence-electron chi connectivity index (χ1n) is 6.13. The Morgan fingerprint density at radius 3 is 2.53 bits per heavy atom. The van der Waals surface area contributed by atoms with Crippen molar-refractivity contribution in [1.82, 2.24) is 10.2 Å². The number of aliphatic hydroxyl groups excluding tert-OH is 1. The van der Waals surface area contributed by atoms with Crippen LogP contribution in [0.15, 0.2) is 0 Å². The Balaban J connectivity index is 3.44. The van der Waals surface area contributed by atoms with Gasteiger partial charge in [0.15, 0.2) is 0 Å². The van der Waals surface area contributed by atoms with Crippen LogP contribution in [0.5, 0.6) is 0 Å². The summed E-state index contributed by atoms with van der Waals surface area (Å²) in [7, 11) is 2.12. The molecule has 0 aromatic rings. The van der Waals surface area contributed by atoms with Gasteiger partial charge in [-0.25, -0.2) is 0 Å². The summed E-state index contributed by atoms with van der Waals surface area (Å²) in [5, 5.41) is 12.6. The molecule has 0 aromatic carbocycles. The van der Waals surface area contributed by atoms with Gasteiger partial charge in [0, 0.05) is 13.1 Å². The zero-order valence-electron chi connectivity index (χ0n) is 10.8. The largest absolute Gasteiger partial charge is 0.393 e. The van der Waals surface area contributed by atoms with E-state index in [9.17, 15) is 0 Å². The number of hydrogen-bond acceptors (Lipinski definition) is 3. The number of rotatable bonds is 9. The summed E-state index contributed by atoms with van der Waals surface area (Å²) in [5.74, 6) is 0.676. The lowest BCUT2D eigenvalue weighted by atomic mass is 10.1. The monoisotopic (exact) mass is 216 g/mol. The lowest BCUT2D eigenvalue weighted by Gasteiger charge is -2.22. The minimum atomic E-state index is -0.180. The molecule has 0 rings (SSSR count). The fourth-order valence-electron chi connectivity index (χ4n) is 1.62. The van der Waals surface area contributed by atoms with Crippen LogP contribution in [0.4, 0.5) is 0 Å². The Labute approximate surface area is 94.9 Å². The van der Waals surface area contributed by atoms with Crippen LogP contribution in [-0.4, -0.2) is 49.3 Å². The second-order valence-electron chi connectivity index (χ2n) is 4.71. The van der Waals surface area contributed by atoms with Crippen LogP contribution in [-0.2, 0) is 0 Å². The van der Waals surface area contributed by atoms with Crippen LogP contribution in [0, 0.1) is 5.92 Å². The second kappa shape index (κ2) is 9.13. The smallest absolute Gasteiger partial charge is 0.0524 e. The summed E-state index contributed by atoms with van der Waals surface area (Å²) >= 11 is 0. The third-order valence-corrected chi connectivity index (χ3v) is 2.47. The molecule has 0 fully saturated rings. The van der Waals surface area contributed by atoms with Crippen LogP contribution in [0.3, 0.4) is 0 Å². The van der Waals surface area contributed by atoms with Crippen molar-refractivity contribution in [3.05, 3.63) is 0 Å². The van der Waals surface area contributed by atoms with Crippen LogP contribution in [0.25, 0.3) is 0 Å². The zero-order chi connectivity index (χ0) is 11.7. The summed E-state index contributed by atoms with van der Waals surface area (Å²) < 4.78 is 0. The molecule has 0 aromatic heterocycles. The molecule has 0 aliphatic heterocycles. The highest BCUT2D eigenvalue weighted by atomic mass is 16.3. The molecule has 92 valence electrons. The Hall–Kier alpha value is -0.120. The molecule has 0 radical (unpaired) electrons. The highest BCUT2D eigenvalue weighted by Gasteiger charge is 2.06. The first-order chi connectivity index (χ1) is 7.06. The van der Waals surface area contributed by atoms with Gasteiger partial charge in [0.2, 0.25) is 0 Å². The van der Waals surface area contributed by atoms with E-state index in [0.717, 1.165) is 32.6 Å². The van der Waals surface area contributed by atoms with Crippen molar-refractivity contribution in [3.63, 3.8) is 0 Å². The van der Waals surface area contributed by atoms with Crippen LogP contribution in [0.1, 0.15) is 33.6 Å². The summed E-state index contributed by atoms with van der Waals surface area (Å²) in [6.07, 6.45) is 1.89. The molecule has 0 bridgehead atoms. The highest BCUT2D eigenvalue weighted by molar-refractivity contribution is 4.63. The van der Waals surface area contributed by atoms with E-state index in [2.05, 4.69) is 31.1 Å². The van der Waals surface area contributed by atoms with Gasteiger partial charge in [0.05, 0.1) is 6.10 Å². The minimum Gasteiger partial charge on any atom is -0.393 e. The first-order valence-corrected chi connectivity index (χ1v) is 6.13. The van der Waals surface area contributed by atoms with Crippen molar-refractivity contribution in [2.45, 2.75) is 39.7 Å². The lowest BCUT2D eigenvalue weighted by Crippen LogP contribution is -2.32. The Morgan fingerprint density at radius 2 is 2.00 bits per heavy atom. The van der Waals surface area contributed by atoms with Gasteiger partial charge < -0.3 is 15.3 Å². The maximum Gasteiger partial charge on any atom is 0.0524 e. The average molecular weight is 216 g/mol. The molecule has 3 nitrogen and oxygen atoms in total. The van der Waals surface area contributed by atoms with Gasteiger partial charge in [-0.2, -0.15) is 0 Å². The number of nitrogens with zero attached hydrogens (tertiary/aromatic N) is 1. The fourth-order valence-corrected chi connectivity index (χ4v) is 1.62. The van der Waals surface area contributed by atoms with E-state index in [1.54, 1.807) is 0 Å². The predicted molar refractivity (Wildman–Crippen MR) is 66.1 cm³/mol. The second-order valence-corrected chi connectivity index (χ2v) is 4.71. The van der Waals surface area contributed by atoms with Gasteiger partial charge in [-0.3, -0.25) is 0 Å². The van der Waals surface area contributed by atoms with Crippen LogP contribution >= 0.6 is 0 Å². The lowest BCUT2D eigenvalue weighted by molar-refractivity contribution is 0.159. The quantitative estimate of drug-likeness (QED) is 0.571. The third-order valence-electron chi connectivity index (χ3n) is 2.47. The summed E-state index contributed by atoms with van der Waals surface area (Å²) in [6, 6.07) is 0. The number of nitrogens with one attached hydrogen (secondary N) is 1. The third kappa shape index (κ3) is 10.2. The van der Waals surface area contributed by atoms with Gasteiger partial charge in [-0.1, -0.05) is 13.8 Å². The maximum absolute atomic E-state index is 9.17. The molecule has 2 atom stereocenters. The van der Waals surface area contributed by atoms with E-state index >= 15 is 0 Å². The van der Waals surface area contributed by atoms with Crippen LogP contribution in [0.2, 0.25) is 0 Å². The molecule has 0 aliphatic rings. The van der Waals surface area contributed by atoms with Crippen molar-refractivity contribution < 1.29 is 5.11 Å². The van der Waals surface area contributed by atoms with Crippen molar-refractivity contribution in [3.8, 4) is 0 Å². The summed E-state index contributed by atoms with van der Waals surface area (Å²) in [6.45, 7) is 10.6. The average Bonchev–Trinajstić information content (AvgIpc) is 2.15. The maximum atomic E-state index is 9.17. The SMILES string of the molecule is CCCNCC(C)CN(C)CCC(C)O. The van der Waals surface area contributed by atoms with Crippen molar-refractivity contribution in [1.29, 1.82) is 0 Å². The Kier molecular flexibility index (Phi) is 9.06. The zero-order valence-corrected chi connectivity index (χ0v) is 10.8. The van der Waals surface area contributed by atoms with Crippen LogP contribution < -0.4 is 5.32 Å². The number of aliphatic hydroxyl groups is 1. The standard InChI is InChI=1S/C12H28N2O/c1-5-7-13-9-11(2)10-14(4)8-6-12(3)15/h11-13,15H,5-10H2,1-4H3. The molecule has 0 saturated heterocycles. The van der Waals surface area contributed by atoms with Gasteiger partial charge in [0.25, 0.3) is 0 Å². The molecule has 0 amide bonds. The molecule has 2 unspecified atom stereocenters. The predicted octanol–water partition coefficient (Wildman–Crippen LogP) is 1.32. The van der Waals surface area contributed by atoms with E-state index in [1.165, 1.54) is 6.42 Å². The molecule has 0 saturated carbocycles. The van der Waals surface area contributed by atoms with E-state index in [1.807, 2.05) is 6.92 Å². The fraction of sp³-hybridized carbons (Fsp3) is 1.00. The first kappa shape index (κ1) is 14.9. The van der Waals surface area contributed by atoms with E-state index < -0.39 is 0 Å². The molecular weight excluding hydrogens is 188 g/mol. The van der Waals surface area contributed by atoms with Crippen molar-refractivity contribution in [2.75, 3.05) is 33.2 Å². The van der Waals surface area contributed by atoms with Gasteiger partial charge in [-0.15, -0.1) is 0 Å². The molecule has 2 N–H and O–H groups in total. The van der Waals surface area contributed by atoms with Gasteiger partial charge in [-0.05, 0) is 45.8 Å². The number of hydrogen-bond donors (Lipinski definition) is 2. The van der Waals surface area contributed by atoms with E-state index in [0.29, 0.717) is 5.92 Å².